The molecule has 2 aliphatic heterocycles. The molecule has 0 aromatic heterocycles. The third kappa shape index (κ3) is 11.6. The molecule has 9 rings (SSSR count). The molecule has 3 aliphatic carbocycles. The standard InChI is InChI=1S/C56H64N6O8/c1-70-50(63)22-14-3-2-4-15-27-57-51(64)43-31-61(32-44(43)52(65)58-47-28-40(47)35-16-8-5-9-17-35)55(68)38-23-25-39(26-24-38)56(69)62-33-45(53(66)59-48-29-41(48)36-18-10-6-11-19-36)46(34-62)54(67)60-49-30-42(49)37-20-12-7-13-21-37/h5-13,16-21,23-26,40-49H,2-4,14-15,22,27-34H2,1H3,(H,57,64)(H,58,65)(H,59,66)(H,60,67)/t40-,41-,42-,43-,44-,45-,46-,47+,48+,49+/m1/s1. The molecular formula is C56H64N6O8. The Labute approximate surface area is 409 Å². The maximum absolute atomic E-state index is 14.2. The third-order valence-electron chi connectivity index (χ3n) is 15.1. The highest BCUT2D eigenvalue weighted by Crippen LogP contribution is 2.43. The van der Waals surface area contributed by atoms with Crippen LogP contribution in [0.4, 0.5) is 0 Å². The lowest BCUT2D eigenvalue weighted by Crippen LogP contribution is -2.43. The van der Waals surface area contributed by atoms with E-state index in [0.29, 0.717) is 24.1 Å². The van der Waals surface area contributed by atoms with E-state index >= 15 is 0 Å². The first-order valence-corrected chi connectivity index (χ1v) is 25.1. The molecule has 0 unspecified atom stereocenters. The van der Waals surface area contributed by atoms with Crippen molar-refractivity contribution in [3.8, 4) is 0 Å². The molecule has 366 valence electrons. The van der Waals surface area contributed by atoms with Crippen LogP contribution in [0.3, 0.4) is 0 Å². The summed E-state index contributed by atoms with van der Waals surface area (Å²) in [4.78, 5) is 98.5. The molecule has 2 saturated heterocycles. The van der Waals surface area contributed by atoms with E-state index in [1.54, 1.807) is 34.1 Å². The zero-order valence-corrected chi connectivity index (χ0v) is 39.8. The van der Waals surface area contributed by atoms with E-state index in [0.717, 1.165) is 68.1 Å². The number of carbonyl (C=O) groups is 7. The zero-order valence-electron chi connectivity index (χ0n) is 39.8. The van der Waals surface area contributed by atoms with E-state index in [1.807, 2.05) is 66.7 Å². The molecule has 14 nitrogen and oxygen atoms in total. The molecule has 5 aliphatic rings. The molecule has 4 N–H and O–H groups in total. The van der Waals surface area contributed by atoms with Gasteiger partial charge in [0.1, 0.15) is 0 Å². The van der Waals surface area contributed by atoms with E-state index in [1.165, 1.54) is 7.11 Å². The van der Waals surface area contributed by atoms with Crippen LogP contribution in [0, 0.1) is 23.7 Å². The minimum Gasteiger partial charge on any atom is -0.469 e. The fourth-order valence-electron chi connectivity index (χ4n) is 10.6. The van der Waals surface area contributed by atoms with E-state index < -0.39 is 23.7 Å². The fourth-order valence-corrected chi connectivity index (χ4v) is 10.6. The number of rotatable bonds is 20. The largest absolute Gasteiger partial charge is 0.469 e. The van der Waals surface area contributed by atoms with Crippen molar-refractivity contribution >= 4 is 41.4 Å². The topological polar surface area (TPSA) is 183 Å². The lowest BCUT2D eigenvalue weighted by molar-refractivity contribution is -0.140. The van der Waals surface area contributed by atoms with Gasteiger partial charge in [0.05, 0.1) is 30.8 Å². The van der Waals surface area contributed by atoms with Gasteiger partial charge in [-0.25, -0.2) is 0 Å². The van der Waals surface area contributed by atoms with E-state index in [2.05, 4.69) is 45.5 Å². The summed E-state index contributed by atoms with van der Waals surface area (Å²) in [7, 11) is 1.38. The number of nitrogens with zero attached hydrogens (tertiary/aromatic N) is 2. The second-order valence-electron chi connectivity index (χ2n) is 19.9. The lowest BCUT2D eigenvalue weighted by atomic mass is 9.94. The number of benzene rings is 4. The number of carbonyl (C=O) groups excluding carboxylic acids is 7. The summed E-state index contributed by atoms with van der Waals surface area (Å²) in [5, 5.41) is 12.5. The number of hydrogen-bond acceptors (Lipinski definition) is 8. The molecule has 6 amide bonds. The van der Waals surface area contributed by atoms with Crippen molar-refractivity contribution in [1.29, 1.82) is 0 Å². The highest BCUT2D eigenvalue weighted by Gasteiger charge is 2.50. The molecule has 70 heavy (non-hydrogen) atoms. The summed E-state index contributed by atoms with van der Waals surface area (Å²) in [6.07, 6.45) is 6.98. The SMILES string of the molecule is COC(=O)CCCCCCCNC(=O)[C@@H]1CN(C(=O)c2ccc(C(=O)N3C[C@@H](C(=O)N[C@H]4C[C@@H]4c4ccccc4)[C@H](C(=O)N[C@H]4C[C@@H]4c4ccccc4)C3)cc2)C[C@H]1C(=O)N[C@H]1C[C@@H]1c1ccccc1. The van der Waals surface area contributed by atoms with Crippen molar-refractivity contribution in [1.82, 2.24) is 31.1 Å². The summed E-state index contributed by atoms with van der Waals surface area (Å²) in [5.74, 6) is -4.31. The maximum Gasteiger partial charge on any atom is 0.305 e. The minimum absolute atomic E-state index is 0.0401. The van der Waals surface area contributed by atoms with E-state index in [9.17, 15) is 33.6 Å². The van der Waals surface area contributed by atoms with Crippen molar-refractivity contribution in [3.05, 3.63) is 143 Å². The van der Waals surface area contributed by atoms with Crippen LogP contribution < -0.4 is 21.3 Å². The van der Waals surface area contributed by atoms with Gasteiger partial charge >= 0.3 is 5.97 Å². The molecule has 4 aromatic carbocycles. The van der Waals surface area contributed by atoms with Crippen LogP contribution in [0.15, 0.2) is 115 Å². The van der Waals surface area contributed by atoms with Crippen LogP contribution in [0.25, 0.3) is 0 Å². The average molecular weight is 949 g/mol. The predicted molar refractivity (Wildman–Crippen MR) is 262 cm³/mol. The Morgan fingerprint density at radius 2 is 0.800 bits per heavy atom. The molecular weight excluding hydrogens is 885 g/mol. The van der Waals surface area contributed by atoms with Crippen molar-refractivity contribution in [2.24, 2.45) is 23.7 Å². The van der Waals surface area contributed by atoms with Crippen molar-refractivity contribution in [2.45, 2.75) is 93.7 Å². The second kappa shape index (κ2) is 21.9. The highest BCUT2D eigenvalue weighted by atomic mass is 16.5. The Hall–Kier alpha value is -6.83. The Bertz CT molecular complexity index is 2450. The number of nitrogens with one attached hydrogen (secondary N) is 4. The number of unbranched alkanes of at least 4 members (excludes halogenated alkanes) is 4. The van der Waals surface area contributed by atoms with Gasteiger partial charge in [0.25, 0.3) is 11.8 Å². The fraction of sp³-hybridized carbons (Fsp3) is 0.446. The molecule has 2 heterocycles. The summed E-state index contributed by atoms with van der Waals surface area (Å²) in [5.41, 5.74) is 4.08. The Morgan fingerprint density at radius 3 is 1.17 bits per heavy atom. The average Bonchev–Trinajstić information content (AvgIpc) is 4.36. The molecule has 0 spiro atoms. The molecule has 5 fully saturated rings. The predicted octanol–water partition coefficient (Wildman–Crippen LogP) is 5.71. The number of methoxy groups -OCH3 is 1. The van der Waals surface area contributed by atoms with Crippen LogP contribution in [0.1, 0.15) is 113 Å². The first kappa shape index (κ1) is 48.2. The summed E-state index contributed by atoms with van der Waals surface area (Å²) < 4.78 is 4.71. The van der Waals surface area contributed by atoms with Crippen LogP contribution in [-0.2, 0) is 28.7 Å². The monoisotopic (exact) mass is 948 g/mol. The van der Waals surface area contributed by atoms with Gasteiger partial charge in [-0.2, -0.15) is 0 Å². The first-order valence-electron chi connectivity index (χ1n) is 25.1. The van der Waals surface area contributed by atoms with Gasteiger partial charge < -0.3 is 35.8 Å². The van der Waals surface area contributed by atoms with Crippen molar-refractivity contribution in [3.63, 3.8) is 0 Å². The second-order valence-corrected chi connectivity index (χ2v) is 19.9. The number of ether oxygens (including phenoxy) is 1. The summed E-state index contributed by atoms with van der Waals surface area (Å²) >= 11 is 0. The van der Waals surface area contributed by atoms with Crippen LogP contribution in [-0.4, -0.2) is 109 Å². The lowest BCUT2D eigenvalue weighted by Gasteiger charge is -2.18. The number of esters is 1. The number of amides is 6. The Balaban J connectivity index is 0.829. The summed E-state index contributed by atoms with van der Waals surface area (Å²) in [6, 6.07) is 36.3. The van der Waals surface area contributed by atoms with Crippen molar-refractivity contribution < 1.29 is 38.3 Å². The van der Waals surface area contributed by atoms with Gasteiger partial charge in [0, 0.05) is 86.2 Å². The van der Waals surface area contributed by atoms with Crippen LogP contribution in [0.2, 0.25) is 0 Å². The molecule has 3 saturated carbocycles. The quantitative estimate of drug-likeness (QED) is 0.0642. The van der Waals surface area contributed by atoms with Gasteiger partial charge in [-0.3, -0.25) is 33.6 Å². The summed E-state index contributed by atoms with van der Waals surface area (Å²) in [6.45, 7) is 0.700. The molecule has 10 atom stereocenters. The molecule has 0 radical (unpaired) electrons. The Morgan fingerprint density at radius 1 is 0.457 bits per heavy atom. The zero-order chi connectivity index (χ0) is 48.7. The van der Waals surface area contributed by atoms with Gasteiger partial charge in [-0.15, -0.1) is 0 Å². The molecule has 4 aromatic rings. The van der Waals surface area contributed by atoms with E-state index in [4.69, 9.17) is 4.74 Å². The minimum atomic E-state index is -0.752. The molecule has 14 heteroatoms. The van der Waals surface area contributed by atoms with Gasteiger partial charge in [0.2, 0.25) is 23.6 Å². The van der Waals surface area contributed by atoms with Gasteiger partial charge in [-0.1, -0.05) is 110 Å². The normalized spacial score (nSPS) is 26.1. The number of hydrogen-bond donors (Lipinski definition) is 4. The highest BCUT2D eigenvalue weighted by molar-refractivity contribution is 6.00. The maximum atomic E-state index is 14.2. The van der Waals surface area contributed by atoms with Gasteiger partial charge in [0.15, 0.2) is 0 Å². The smallest absolute Gasteiger partial charge is 0.305 e. The van der Waals surface area contributed by atoms with Crippen LogP contribution >= 0.6 is 0 Å². The molecule has 0 bridgehead atoms. The Kier molecular flexibility index (Phi) is 15.0. The third-order valence-corrected chi connectivity index (χ3v) is 15.1. The van der Waals surface area contributed by atoms with Gasteiger partial charge in [-0.05, 0) is 73.1 Å². The first-order chi connectivity index (χ1) is 34.1. The van der Waals surface area contributed by atoms with E-state index in [-0.39, 0.29) is 103 Å². The number of likely N-dealkylation sites (tertiary alicyclic amines) is 2. The van der Waals surface area contributed by atoms with Crippen molar-refractivity contribution in [2.75, 3.05) is 39.8 Å². The van der Waals surface area contributed by atoms with Crippen LogP contribution in [0.5, 0.6) is 0 Å².